The van der Waals surface area contributed by atoms with Gasteiger partial charge in [-0.15, -0.1) is 6.58 Å². The Labute approximate surface area is 276 Å². The SMILES string of the molecule is C=CCOC1(C)CCN(c2c([C@H](OC(C)(C)C)C(=O)OCC)c(C)nc3cc(-c4cccc(-c5c(O)ccc(C)c5F)c4)nn23)CC1. The number of nitrogens with zero attached hydrogens (tertiary/aromatic N) is 4. The van der Waals surface area contributed by atoms with Crippen LogP contribution in [-0.4, -0.2) is 63.2 Å². The summed E-state index contributed by atoms with van der Waals surface area (Å²) in [6.07, 6.45) is 2.20. The van der Waals surface area contributed by atoms with Gasteiger partial charge in [-0.05, 0) is 84.6 Å². The van der Waals surface area contributed by atoms with Crippen LogP contribution in [0.15, 0.2) is 55.1 Å². The van der Waals surface area contributed by atoms with E-state index in [-0.39, 0.29) is 23.5 Å². The Kier molecular flexibility index (Phi) is 9.75. The lowest BCUT2D eigenvalue weighted by Crippen LogP contribution is -2.45. The van der Waals surface area contributed by atoms with Crippen LogP contribution in [0.3, 0.4) is 0 Å². The lowest BCUT2D eigenvalue weighted by atomic mass is 9.92. The molecule has 250 valence electrons. The predicted octanol–water partition coefficient (Wildman–Crippen LogP) is 7.51. The molecule has 2 aromatic carbocycles. The lowest BCUT2D eigenvalue weighted by molar-refractivity contribution is -0.166. The van der Waals surface area contributed by atoms with Crippen LogP contribution in [0.1, 0.15) is 70.4 Å². The number of benzene rings is 2. The second-order valence-corrected chi connectivity index (χ2v) is 13.3. The quantitative estimate of drug-likeness (QED) is 0.140. The zero-order valence-electron chi connectivity index (χ0n) is 28.4. The standard InChI is InChI=1S/C37H45FN4O5/c1-9-20-46-37(8)16-18-41(19-17-37)34-30(33(35(44)45-10-2)47-36(5,6)7)24(4)39-29-22-27(40-42(29)34)25-12-11-13-26(21-25)31-28(43)15-14-23(3)32(31)38/h9,11-15,21-22,33,43H,1,10,16-20H2,2-8H3/t33-/m0/s1. The number of esters is 1. The summed E-state index contributed by atoms with van der Waals surface area (Å²) in [5.74, 6) is -0.406. The van der Waals surface area contributed by atoms with Crippen molar-refractivity contribution < 1.29 is 28.5 Å². The van der Waals surface area contributed by atoms with Crippen LogP contribution >= 0.6 is 0 Å². The third kappa shape index (κ3) is 7.18. The van der Waals surface area contributed by atoms with Gasteiger partial charge in [0.25, 0.3) is 0 Å². The first kappa shape index (κ1) is 34.1. The third-order valence-electron chi connectivity index (χ3n) is 8.47. The number of carbonyl (C=O) groups excluding carboxylic acids is 1. The number of anilines is 1. The number of piperidine rings is 1. The van der Waals surface area contributed by atoms with Gasteiger partial charge >= 0.3 is 5.97 Å². The molecule has 10 heteroatoms. The van der Waals surface area contributed by atoms with Gasteiger partial charge in [0.05, 0.1) is 41.2 Å². The van der Waals surface area contributed by atoms with E-state index in [4.69, 9.17) is 24.3 Å². The van der Waals surface area contributed by atoms with Crippen molar-refractivity contribution in [2.75, 3.05) is 31.2 Å². The van der Waals surface area contributed by atoms with Crippen LogP contribution in [0, 0.1) is 19.7 Å². The fraction of sp³-hybridized carbons (Fsp3) is 0.432. The highest BCUT2D eigenvalue weighted by Crippen LogP contribution is 2.40. The van der Waals surface area contributed by atoms with E-state index in [0.29, 0.717) is 59.2 Å². The number of aryl methyl sites for hydroxylation is 2. The summed E-state index contributed by atoms with van der Waals surface area (Å²) in [4.78, 5) is 20.7. The first-order valence-corrected chi connectivity index (χ1v) is 16.1. The highest BCUT2D eigenvalue weighted by atomic mass is 19.1. The Morgan fingerprint density at radius 1 is 1.15 bits per heavy atom. The van der Waals surface area contributed by atoms with E-state index in [0.717, 1.165) is 18.4 Å². The highest BCUT2D eigenvalue weighted by molar-refractivity contribution is 5.81. The number of rotatable bonds is 10. The molecular formula is C37H45FN4O5. The fourth-order valence-electron chi connectivity index (χ4n) is 6.04. The van der Waals surface area contributed by atoms with Gasteiger partial charge in [-0.25, -0.2) is 14.2 Å². The topological polar surface area (TPSA) is 98.4 Å². The molecular weight excluding hydrogens is 599 g/mol. The number of aromatic hydroxyl groups is 1. The van der Waals surface area contributed by atoms with E-state index in [1.807, 2.05) is 45.9 Å². The summed E-state index contributed by atoms with van der Waals surface area (Å²) in [5.41, 5.74) is 3.24. The molecule has 0 amide bonds. The van der Waals surface area contributed by atoms with Gasteiger partial charge in [0.1, 0.15) is 17.4 Å². The minimum atomic E-state index is -1.05. The van der Waals surface area contributed by atoms with Crippen LogP contribution in [-0.2, 0) is 19.0 Å². The predicted molar refractivity (Wildman–Crippen MR) is 181 cm³/mol. The minimum Gasteiger partial charge on any atom is -0.507 e. The number of carbonyl (C=O) groups is 1. The zero-order chi connectivity index (χ0) is 34.1. The Balaban J connectivity index is 1.68. The van der Waals surface area contributed by atoms with Crippen molar-refractivity contribution >= 4 is 17.4 Å². The molecule has 1 aliphatic rings. The molecule has 0 aliphatic carbocycles. The summed E-state index contributed by atoms with van der Waals surface area (Å²) in [6.45, 7) is 18.9. The van der Waals surface area contributed by atoms with Gasteiger partial charge in [0.2, 0.25) is 0 Å². The molecule has 0 radical (unpaired) electrons. The van der Waals surface area contributed by atoms with Crippen molar-refractivity contribution in [1.82, 2.24) is 14.6 Å². The number of hydrogen-bond acceptors (Lipinski definition) is 8. The molecule has 1 fully saturated rings. The Bertz CT molecular complexity index is 1790. The van der Waals surface area contributed by atoms with Crippen LogP contribution in [0.5, 0.6) is 5.75 Å². The lowest BCUT2D eigenvalue weighted by Gasteiger charge is -2.41. The van der Waals surface area contributed by atoms with Crippen molar-refractivity contribution in [1.29, 1.82) is 0 Å². The molecule has 0 spiro atoms. The number of phenols is 1. The van der Waals surface area contributed by atoms with Crippen molar-refractivity contribution in [3.05, 3.63) is 77.8 Å². The molecule has 3 heterocycles. The number of ether oxygens (including phenoxy) is 3. The Morgan fingerprint density at radius 3 is 2.51 bits per heavy atom. The molecule has 1 aliphatic heterocycles. The maximum Gasteiger partial charge on any atom is 0.340 e. The smallest absolute Gasteiger partial charge is 0.340 e. The molecule has 47 heavy (non-hydrogen) atoms. The molecule has 9 nitrogen and oxygen atoms in total. The molecule has 5 rings (SSSR count). The van der Waals surface area contributed by atoms with Crippen LogP contribution in [0.2, 0.25) is 0 Å². The average molecular weight is 645 g/mol. The van der Waals surface area contributed by atoms with Gasteiger partial charge in [-0.2, -0.15) is 9.61 Å². The molecule has 2 aromatic heterocycles. The minimum absolute atomic E-state index is 0.137. The van der Waals surface area contributed by atoms with E-state index in [1.165, 1.54) is 6.07 Å². The summed E-state index contributed by atoms with van der Waals surface area (Å²) in [6, 6.07) is 12.2. The number of aromatic nitrogens is 3. The van der Waals surface area contributed by atoms with Crippen LogP contribution < -0.4 is 4.90 Å². The van der Waals surface area contributed by atoms with Crippen molar-refractivity contribution in [3.63, 3.8) is 0 Å². The van der Waals surface area contributed by atoms with E-state index >= 15 is 4.39 Å². The molecule has 0 saturated carbocycles. The maximum atomic E-state index is 15.2. The fourth-order valence-corrected chi connectivity index (χ4v) is 6.04. The first-order chi connectivity index (χ1) is 22.2. The van der Waals surface area contributed by atoms with E-state index in [2.05, 4.69) is 18.4 Å². The van der Waals surface area contributed by atoms with Gasteiger partial charge < -0.3 is 24.2 Å². The Morgan fingerprint density at radius 2 is 1.85 bits per heavy atom. The van der Waals surface area contributed by atoms with Crippen molar-refractivity contribution in [3.8, 4) is 28.1 Å². The van der Waals surface area contributed by atoms with Gasteiger partial charge in [-0.1, -0.05) is 30.3 Å². The highest BCUT2D eigenvalue weighted by Gasteiger charge is 2.38. The largest absolute Gasteiger partial charge is 0.507 e. The van der Waals surface area contributed by atoms with Gasteiger partial charge in [0.15, 0.2) is 11.8 Å². The van der Waals surface area contributed by atoms with Gasteiger partial charge in [-0.3, -0.25) is 0 Å². The molecule has 1 atom stereocenters. The maximum absolute atomic E-state index is 15.2. The molecule has 1 N–H and O–H groups in total. The van der Waals surface area contributed by atoms with E-state index in [1.54, 1.807) is 42.6 Å². The number of phenolic OH excluding ortho intramolecular Hbond substituents is 1. The van der Waals surface area contributed by atoms with Crippen molar-refractivity contribution in [2.24, 2.45) is 0 Å². The van der Waals surface area contributed by atoms with Crippen molar-refractivity contribution in [2.45, 2.75) is 78.6 Å². The average Bonchev–Trinajstić information content (AvgIpc) is 3.44. The van der Waals surface area contributed by atoms with E-state index in [9.17, 15) is 9.90 Å². The summed E-state index contributed by atoms with van der Waals surface area (Å²) in [7, 11) is 0. The van der Waals surface area contributed by atoms with Crippen LogP contribution in [0.4, 0.5) is 10.2 Å². The Hall–Kier alpha value is -4.28. The molecule has 0 unspecified atom stereocenters. The van der Waals surface area contributed by atoms with Crippen LogP contribution in [0.25, 0.3) is 28.0 Å². The third-order valence-corrected chi connectivity index (χ3v) is 8.47. The normalized spacial score (nSPS) is 15.5. The summed E-state index contributed by atoms with van der Waals surface area (Å²) < 4.78 is 35.0. The summed E-state index contributed by atoms with van der Waals surface area (Å²) >= 11 is 0. The second-order valence-electron chi connectivity index (χ2n) is 13.3. The van der Waals surface area contributed by atoms with Gasteiger partial charge in [0, 0.05) is 30.4 Å². The van der Waals surface area contributed by atoms with E-state index < -0.39 is 23.5 Å². The molecule has 0 bridgehead atoms. The first-order valence-electron chi connectivity index (χ1n) is 16.1. The number of hydrogen-bond donors (Lipinski definition) is 1. The molecule has 1 saturated heterocycles. The zero-order valence-corrected chi connectivity index (χ0v) is 28.4. The number of fused-ring (bicyclic) bond motifs is 1. The summed E-state index contributed by atoms with van der Waals surface area (Å²) in [5, 5.41) is 15.6. The number of halogens is 1. The second kappa shape index (κ2) is 13.4. The monoisotopic (exact) mass is 644 g/mol. The molecule has 4 aromatic rings.